The molecule has 1 aliphatic heterocycles. The molecule has 33 heavy (non-hydrogen) atoms. The second kappa shape index (κ2) is 10.3. The van der Waals surface area contributed by atoms with Crippen molar-refractivity contribution >= 4 is 68.0 Å². The van der Waals surface area contributed by atoms with Crippen molar-refractivity contribution in [2.45, 2.75) is 30.2 Å². The molecule has 2 heterocycles. The molecule has 2 amide bonds. The van der Waals surface area contributed by atoms with Crippen molar-refractivity contribution in [3.63, 3.8) is 0 Å². The van der Waals surface area contributed by atoms with Gasteiger partial charge in [-0.3, -0.25) is 14.4 Å². The minimum Gasteiger partial charge on any atom is -0.480 e. The van der Waals surface area contributed by atoms with Crippen molar-refractivity contribution in [1.82, 2.24) is 10.0 Å². The van der Waals surface area contributed by atoms with E-state index >= 15 is 0 Å². The van der Waals surface area contributed by atoms with Gasteiger partial charge in [0.15, 0.2) is 0 Å². The third kappa shape index (κ3) is 6.01. The van der Waals surface area contributed by atoms with Gasteiger partial charge in [-0.15, -0.1) is 11.3 Å². The van der Waals surface area contributed by atoms with Crippen LogP contribution in [-0.2, 0) is 19.6 Å². The minimum absolute atomic E-state index is 0.114. The standard InChI is InChI=1S/C19H18Cl2FN3O6S2/c20-15-5-4-13(32-15)18(27)23-9-11(19(28)29)24-33(30,31)14-8-10(22)7-12(17(14)21)25-6-2-1-3-16(25)26/h4-5,7-8,11,24H,1-3,6,9H2,(H,23,27)(H,28,29). The summed E-state index contributed by atoms with van der Waals surface area (Å²) in [6, 6.07) is 2.71. The summed E-state index contributed by atoms with van der Waals surface area (Å²) in [5.74, 6) is -3.53. The summed E-state index contributed by atoms with van der Waals surface area (Å²) < 4.78 is 42.3. The lowest BCUT2D eigenvalue weighted by molar-refractivity contribution is -0.138. The van der Waals surface area contributed by atoms with E-state index < -0.39 is 50.2 Å². The number of anilines is 1. The van der Waals surface area contributed by atoms with Gasteiger partial charge in [0, 0.05) is 19.5 Å². The van der Waals surface area contributed by atoms with Crippen LogP contribution in [0.15, 0.2) is 29.2 Å². The van der Waals surface area contributed by atoms with Crippen LogP contribution in [0.25, 0.3) is 0 Å². The zero-order valence-corrected chi connectivity index (χ0v) is 20.0. The van der Waals surface area contributed by atoms with Gasteiger partial charge in [-0.1, -0.05) is 23.2 Å². The first-order valence-corrected chi connectivity index (χ1v) is 12.6. The summed E-state index contributed by atoms with van der Waals surface area (Å²) in [4.78, 5) is 36.6. The third-order valence-corrected chi connectivity index (χ3v) is 7.98. The number of piperidine rings is 1. The number of nitrogens with one attached hydrogen (secondary N) is 2. The van der Waals surface area contributed by atoms with Crippen molar-refractivity contribution in [1.29, 1.82) is 0 Å². The van der Waals surface area contributed by atoms with Gasteiger partial charge in [0.1, 0.15) is 16.8 Å². The van der Waals surface area contributed by atoms with Crippen molar-refractivity contribution in [2.75, 3.05) is 18.0 Å². The Hall–Kier alpha value is -2.25. The predicted molar refractivity (Wildman–Crippen MR) is 121 cm³/mol. The van der Waals surface area contributed by atoms with Gasteiger partial charge >= 0.3 is 5.97 Å². The average molecular weight is 538 g/mol. The number of sulfonamides is 1. The molecule has 3 rings (SSSR count). The number of benzene rings is 1. The fourth-order valence-corrected chi connectivity index (χ4v) is 5.92. The first kappa shape index (κ1) is 25.4. The zero-order chi connectivity index (χ0) is 24.3. The highest BCUT2D eigenvalue weighted by molar-refractivity contribution is 7.89. The van der Waals surface area contributed by atoms with E-state index in [1.54, 1.807) is 0 Å². The maximum absolute atomic E-state index is 14.3. The van der Waals surface area contributed by atoms with Crippen LogP contribution < -0.4 is 14.9 Å². The highest BCUT2D eigenvalue weighted by atomic mass is 35.5. The topological polar surface area (TPSA) is 133 Å². The Balaban J connectivity index is 1.83. The molecule has 3 N–H and O–H groups in total. The SMILES string of the molecule is O=C(NCC(NS(=O)(=O)c1cc(F)cc(N2CCCCC2=O)c1Cl)C(=O)O)c1ccc(Cl)s1. The van der Waals surface area contributed by atoms with E-state index in [-0.39, 0.29) is 29.4 Å². The minimum atomic E-state index is -4.66. The Morgan fingerprint density at radius 1 is 1.24 bits per heavy atom. The molecular formula is C19H18Cl2FN3O6S2. The van der Waals surface area contributed by atoms with E-state index in [1.807, 2.05) is 4.72 Å². The number of carboxylic acids is 1. The number of hydrogen-bond acceptors (Lipinski definition) is 6. The molecule has 0 saturated carbocycles. The molecule has 1 unspecified atom stereocenters. The van der Waals surface area contributed by atoms with E-state index in [2.05, 4.69) is 5.32 Å². The molecule has 2 aromatic rings. The van der Waals surface area contributed by atoms with E-state index in [9.17, 15) is 32.3 Å². The molecule has 9 nitrogen and oxygen atoms in total. The number of rotatable bonds is 8. The highest BCUT2D eigenvalue weighted by Crippen LogP contribution is 2.35. The summed E-state index contributed by atoms with van der Waals surface area (Å²) >= 11 is 13.0. The fraction of sp³-hybridized carbons (Fsp3) is 0.316. The summed E-state index contributed by atoms with van der Waals surface area (Å²) in [5.41, 5.74) is -0.114. The van der Waals surface area contributed by atoms with Crippen molar-refractivity contribution < 1.29 is 32.3 Å². The lowest BCUT2D eigenvalue weighted by atomic mass is 10.1. The smallest absolute Gasteiger partial charge is 0.323 e. The van der Waals surface area contributed by atoms with Crippen LogP contribution in [0.3, 0.4) is 0 Å². The summed E-state index contributed by atoms with van der Waals surface area (Å²) in [6.07, 6.45) is 1.50. The van der Waals surface area contributed by atoms with Crippen LogP contribution in [0.1, 0.15) is 28.9 Å². The molecule has 0 spiro atoms. The number of nitrogens with zero attached hydrogens (tertiary/aromatic N) is 1. The Morgan fingerprint density at radius 3 is 2.58 bits per heavy atom. The highest BCUT2D eigenvalue weighted by Gasteiger charge is 2.31. The number of amides is 2. The van der Waals surface area contributed by atoms with Crippen LogP contribution in [0, 0.1) is 5.82 Å². The molecule has 1 aliphatic rings. The molecule has 0 bridgehead atoms. The van der Waals surface area contributed by atoms with Gasteiger partial charge in [0.2, 0.25) is 15.9 Å². The molecule has 1 saturated heterocycles. The Bertz CT molecular complexity index is 1200. The lowest BCUT2D eigenvalue weighted by Gasteiger charge is -2.28. The Kier molecular flexibility index (Phi) is 7.96. The quantitative estimate of drug-likeness (QED) is 0.474. The van der Waals surface area contributed by atoms with Gasteiger partial charge in [-0.05, 0) is 37.1 Å². The number of carbonyl (C=O) groups is 3. The van der Waals surface area contributed by atoms with Crippen LogP contribution in [0.4, 0.5) is 10.1 Å². The predicted octanol–water partition coefficient (Wildman–Crippen LogP) is 2.87. The second-order valence-corrected chi connectivity index (χ2v) is 10.8. The molecule has 0 aliphatic carbocycles. The Morgan fingerprint density at radius 2 is 1.97 bits per heavy atom. The molecule has 1 fully saturated rings. The molecule has 0 radical (unpaired) electrons. The van der Waals surface area contributed by atoms with Crippen molar-refractivity contribution in [3.05, 3.63) is 44.3 Å². The average Bonchev–Trinajstić information content (AvgIpc) is 3.19. The normalized spacial score (nSPS) is 15.4. The van der Waals surface area contributed by atoms with E-state index in [0.717, 1.165) is 17.4 Å². The van der Waals surface area contributed by atoms with Gasteiger partial charge < -0.3 is 15.3 Å². The van der Waals surface area contributed by atoms with Gasteiger partial charge in [-0.2, -0.15) is 4.72 Å². The number of thiophene rings is 1. The van der Waals surface area contributed by atoms with Gasteiger partial charge in [-0.25, -0.2) is 12.8 Å². The van der Waals surface area contributed by atoms with E-state index in [1.165, 1.54) is 17.0 Å². The Labute approximate surface area is 202 Å². The molecule has 14 heteroatoms. The van der Waals surface area contributed by atoms with Crippen LogP contribution in [0.2, 0.25) is 9.36 Å². The number of carboxylic acid groups (broad SMARTS) is 1. The number of carbonyl (C=O) groups excluding carboxylic acids is 2. The summed E-state index contributed by atoms with van der Waals surface area (Å²) in [5, 5.41) is 11.3. The maximum atomic E-state index is 14.3. The molecule has 1 atom stereocenters. The van der Waals surface area contributed by atoms with Crippen molar-refractivity contribution in [3.8, 4) is 0 Å². The molecule has 1 aromatic carbocycles. The largest absolute Gasteiger partial charge is 0.480 e. The first-order chi connectivity index (χ1) is 15.5. The molecule has 1 aromatic heterocycles. The summed E-state index contributed by atoms with van der Waals surface area (Å²) in [7, 11) is -4.66. The maximum Gasteiger partial charge on any atom is 0.323 e. The number of halogens is 3. The van der Waals surface area contributed by atoms with Crippen molar-refractivity contribution in [2.24, 2.45) is 0 Å². The van der Waals surface area contributed by atoms with E-state index in [4.69, 9.17) is 23.2 Å². The monoisotopic (exact) mass is 537 g/mol. The number of hydrogen-bond donors (Lipinski definition) is 3. The fourth-order valence-electron chi connectivity index (χ4n) is 3.15. The van der Waals surface area contributed by atoms with Gasteiger partial charge in [0.25, 0.3) is 5.91 Å². The van der Waals surface area contributed by atoms with E-state index in [0.29, 0.717) is 23.2 Å². The van der Waals surface area contributed by atoms with Crippen LogP contribution in [0.5, 0.6) is 0 Å². The lowest BCUT2D eigenvalue weighted by Crippen LogP contribution is -2.48. The van der Waals surface area contributed by atoms with Crippen LogP contribution in [-0.4, -0.2) is 50.4 Å². The number of aliphatic carboxylic acids is 1. The summed E-state index contributed by atoms with van der Waals surface area (Å²) in [6.45, 7) is -0.362. The molecule has 178 valence electrons. The first-order valence-electron chi connectivity index (χ1n) is 9.57. The third-order valence-electron chi connectivity index (χ3n) is 4.75. The second-order valence-electron chi connectivity index (χ2n) is 7.07. The van der Waals surface area contributed by atoms with Crippen LogP contribution >= 0.6 is 34.5 Å². The zero-order valence-electron chi connectivity index (χ0n) is 16.8. The molecular weight excluding hydrogens is 520 g/mol. The van der Waals surface area contributed by atoms with Gasteiger partial charge in [0.05, 0.1) is 19.9 Å².